The van der Waals surface area contributed by atoms with Crippen molar-refractivity contribution in [3.63, 3.8) is 0 Å². The molecule has 3 nitrogen and oxygen atoms in total. The van der Waals surface area contributed by atoms with Crippen molar-refractivity contribution < 1.29 is 0 Å². The summed E-state index contributed by atoms with van der Waals surface area (Å²) in [5.41, 5.74) is 3.57. The maximum atomic E-state index is 4.45. The Kier molecular flexibility index (Phi) is 2.62. The van der Waals surface area contributed by atoms with Crippen LogP contribution in [0.3, 0.4) is 0 Å². The van der Waals surface area contributed by atoms with Crippen molar-refractivity contribution in [2.24, 2.45) is 5.92 Å². The molecule has 84 valence electrons. The SMILES string of the molecule is c1cc2ncc(C[C@@H]3CCCNC3)cc2[nH]1. The van der Waals surface area contributed by atoms with Crippen molar-refractivity contribution in [2.75, 3.05) is 13.1 Å². The van der Waals surface area contributed by atoms with Crippen molar-refractivity contribution in [1.29, 1.82) is 0 Å². The largest absolute Gasteiger partial charge is 0.360 e. The monoisotopic (exact) mass is 215 g/mol. The zero-order valence-electron chi connectivity index (χ0n) is 9.37. The summed E-state index contributed by atoms with van der Waals surface area (Å²) >= 11 is 0. The molecule has 0 bridgehead atoms. The lowest BCUT2D eigenvalue weighted by molar-refractivity contribution is 0.376. The summed E-state index contributed by atoms with van der Waals surface area (Å²) in [4.78, 5) is 7.67. The fraction of sp³-hybridized carbons (Fsp3) is 0.462. The molecule has 0 saturated carbocycles. The zero-order chi connectivity index (χ0) is 10.8. The molecule has 0 aliphatic carbocycles. The molecule has 2 N–H and O–H groups in total. The molecule has 16 heavy (non-hydrogen) atoms. The predicted molar refractivity (Wildman–Crippen MR) is 65.4 cm³/mol. The summed E-state index contributed by atoms with van der Waals surface area (Å²) in [6.45, 7) is 2.34. The number of nitrogens with zero attached hydrogens (tertiary/aromatic N) is 1. The molecular formula is C13H17N3. The average molecular weight is 215 g/mol. The molecule has 0 spiro atoms. The van der Waals surface area contributed by atoms with E-state index in [1.54, 1.807) is 0 Å². The van der Waals surface area contributed by atoms with E-state index in [0.717, 1.165) is 29.9 Å². The summed E-state index contributed by atoms with van der Waals surface area (Å²) in [5.74, 6) is 0.781. The number of rotatable bonds is 2. The third kappa shape index (κ3) is 1.95. The van der Waals surface area contributed by atoms with E-state index in [4.69, 9.17) is 0 Å². The number of fused-ring (bicyclic) bond motifs is 1. The second-order valence-corrected chi connectivity index (χ2v) is 4.67. The highest BCUT2D eigenvalue weighted by Gasteiger charge is 2.13. The molecule has 1 aliphatic heterocycles. The van der Waals surface area contributed by atoms with Gasteiger partial charge in [-0.25, -0.2) is 0 Å². The molecule has 3 rings (SSSR count). The molecule has 1 saturated heterocycles. The Balaban J connectivity index is 1.77. The lowest BCUT2D eigenvalue weighted by atomic mass is 9.93. The smallest absolute Gasteiger partial charge is 0.0878 e. The first-order chi connectivity index (χ1) is 7.92. The minimum absolute atomic E-state index is 0.781. The summed E-state index contributed by atoms with van der Waals surface area (Å²) in [7, 11) is 0. The molecule has 3 heterocycles. The lowest BCUT2D eigenvalue weighted by Crippen LogP contribution is -2.30. The first kappa shape index (κ1) is 9.85. The molecule has 0 aromatic carbocycles. The maximum absolute atomic E-state index is 4.45. The highest BCUT2D eigenvalue weighted by atomic mass is 14.9. The van der Waals surface area contributed by atoms with Crippen LogP contribution in [0.2, 0.25) is 0 Å². The van der Waals surface area contributed by atoms with Crippen LogP contribution in [-0.2, 0) is 6.42 Å². The van der Waals surface area contributed by atoms with Gasteiger partial charge in [-0.05, 0) is 56.0 Å². The van der Waals surface area contributed by atoms with Gasteiger partial charge in [-0.15, -0.1) is 0 Å². The first-order valence-corrected chi connectivity index (χ1v) is 6.04. The predicted octanol–water partition coefficient (Wildman–Crippen LogP) is 2.10. The summed E-state index contributed by atoms with van der Waals surface area (Å²) in [6, 6.07) is 4.25. The van der Waals surface area contributed by atoms with E-state index >= 15 is 0 Å². The molecular weight excluding hydrogens is 198 g/mol. The van der Waals surface area contributed by atoms with Crippen LogP contribution >= 0.6 is 0 Å². The van der Waals surface area contributed by atoms with E-state index in [0.29, 0.717) is 0 Å². The summed E-state index contributed by atoms with van der Waals surface area (Å²) in [6.07, 6.45) is 7.77. The van der Waals surface area contributed by atoms with Crippen LogP contribution in [-0.4, -0.2) is 23.1 Å². The molecule has 0 unspecified atom stereocenters. The minimum Gasteiger partial charge on any atom is -0.360 e. The van der Waals surface area contributed by atoms with Crippen LogP contribution in [0.4, 0.5) is 0 Å². The van der Waals surface area contributed by atoms with Gasteiger partial charge in [0.05, 0.1) is 11.0 Å². The van der Waals surface area contributed by atoms with Crippen LogP contribution in [0.5, 0.6) is 0 Å². The van der Waals surface area contributed by atoms with E-state index in [1.807, 2.05) is 18.5 Å². The van der Waals surface area contributed by atoms with Crippen LogP contribution < -0.4 is 5.32 Å². The normalized spacial score (nSPS) is 21.4. The Hall–Kier alpha value is -1.35. The van der Waals surface area contributed by atoms with Crippen LogP contribution in [0, 0.1) is 5.92 Å². The fourth-order valence-electron chi connectivity index (χ4n) is 2.52. The van der Waals surface area contributed by atoms with E-state index in [-0.39, 0.29) is 0 Å². The summed E-state index contributed by atoms with van der Waals surface area (Å²) in [5, 5.41) is 3.46. The highest BCUT2D eigenvalue weighted by Crippen LogP contribution is 2.18. The van der Waals surface area contributed by atoms with E-state index in [9.17, 15) is 0 Å². The van der Waals surface area contributed by atoms with Gasteiger partial charge >= 0.3 is 0 Å². The Morgan fingerprint density at radius 1 is 1.44 bits per heavy atom. The van der Waals surface area contributed by atoms with E-state index in [2.05, 4.69) is 21.4 Å². The Labute approximate surface area is 95.3 Å². The first-order valence-electron chi connectivity index (χ1n) is 6.04. The number of aromatic amines is 1. The number of piperidine rings is 1. The molecule has 1 aliphatic rings. The second-order valence-electron chi connectivity index (χ2n) is 4.67. The maximum Gasteiger partial charge on any atom is 0.0878 e. The Morgan fingerprint density at radius 2 is 2.44 bits per heavy atom. The number of hydrogen-bond acceptors (Lipinski definition) is 2. The van der Waals surface area contributed by atoms with Gasteiger partial charge in [-0.2, -0.15) is 0 Å². The standard InChI is InChI=1S/C13H17N3/c1-2-10(8-14-4-1)6-11-7-13-12(16-9-11)3-5-15-13/h3,5,7,9-10,14-15H,1-2,4,6,8H2/t10-/m0/s1. The molecule has 2 aromatic rings. The number of hydrogen-bond donors (Lipinski definition) is 2. The van der Waals surface area contributed by atoms with Crippen LogP contribution in [0.15, 0.2) is 24.5 Å². The molecule has 1 atom stereocenters. The summed E-state index contributed by atoms with van der Waals surface area (Å²) < 4.78 is 0. The third-order valence-electron chi connectivity index (χ3n) is 3.38. The Bertz CT molecular complexity index is 469. The number of pyridine rings is 1. The van der Waals surface area contributed by atoms with Crippen molar-refractivity contribution >= 4 is 11.0 Å². The molecule has 2 aromatic heterocycles. The van der Waals surface area contributed by atoms with Gasteiger partial charge in [0, 0.05) is 12.4 Å². The second kappa shape index (κ2) is 4.26. The van der Waals surface area contributed by atoms with Gasteiger partial charge in [0.25, 0.3) is 0 Å². The highest BCUT2D eigenvalue weighted by molar-refractivity contribution is 5.74. The van der Waals surface area contributed by atoms with Crippen LogP contribution in [0.25, 0.3) is 11.0 Å². The Morgan fingerprint density at radius 3 is 3.31 bits per heavy atom. The third-order valence-corrected chi connectivity index (χ3v) is 3.38. The van der Waals surface area contributed by atoms with Crippen molar-refractivity contribution in [1.82, 2.24) is 15.3 Å². The van der Waals surface area contributed by atoms with Gasteiger partial charge in [0.2, 0.25) is 0 Å². The molecule has 0 amide bonds. The van der Waals surface area contributed by atoms with E-state index in [1.165, 1.54) is 24.9 Å². The van der Waals surface area contributed by atoms with Gasteiger partial charge in [-0.1, -0.05) is 0 Å². The van der Waals surface area contributed by atoms with Gasteiger partial charge in [-0.3, -0.25) is 4.98 Å². The fourth-order valence-corrected chi connectivity index (χ4v) is 2.52. The van der Waals surface area contributed by atoms with Crippen LogP contribution in [0.1, 0.15) is 18.4 Å². The number of aromatic nitrogens is 2. The number of nitrogens with one attached hydrogen (secondary N) is 2. The molecule has 3 heteroatoms. The van der Waals surface area contributed by atoms with E-state index < -0.39 is 0 Å². The van der Waals surface area contributed by atoms with Gasteiger partial charge in [0.15, 0.2) is 0 Å². The van der Waals surface area contributed by atoms with Crippen molar-refractivity contribution in [3.8, 4) is 0 Å². The minimum atomic E-state index is 0.781. The molecule has 0 radical (unpaired) electrons. The zero-order valence-corrected chi connectivity index (χ0v) is 9.37. The van der Waals surface area contributed by atoms with Gasteiger partial charge in [0.1, 0.15) is 0 Å². The van der Waals surface area contributed by atoms with Crippen molar-refractivity contribution in [3.05, 3.63) is 30.1 Å². The number of H-pyrrole nitrogens is 1. The average Bonchev–Trinajstić information content (AvgIpc) is 2.77. The quantitative estimate of drug-likeness (QED) is 0.805. The molecule has 1 fully saturated rings. The van der Waals surface area contributed by atoms with Gasteiger partial charge < -0.3 is 10.3 Å². The topological polar surface area (TPSA) is 40.7 Å². The van der Waals surface area contributed by atoms with Crippen molar-refractivity contribution in [2.45, 2.75) is 19.3 Å². The lowest BCUT2D eigenvalue weighted by Gasteiger charge is -2.22.